The van der Waals surface area contributed by atoms with Crippen LogP contribution < -0.4 is 0 Å². The van der Waals surface area contributed by atoms with Crippen molar-refractivity contribution in [2.24, 2.45) is 0 Å². The Bertz CT molecular complexity index is 796. The lowest BCUT2D eigenvalue weighted by Crippen LogP contribution is -2.00. The van der Waals surface area contributed by atoms with E-state index >= 15 is 0 Å². The molecule has 20 heavy (non-hydrogen) atoms. The minimum atomic E-state index is -0.534. The van der Waals surface area contributed by atoms with Crippen molar-refractivity contribution in [1.82, 2.24) is 9.97 Å². The van der Waals surface area contributed by atoms with Crippen LogP contribution in [0.3, 0.4) is 0 Å². The van der Waals surface area contributed by atoms with Crippen molar-refractivity contribution in [3.63, 3.8) is 0 Å². The molecule has 0 saturated heterocycles. The zero-order valence-electron chi connectivity index (χ0n) is 10.3. The molecule has 0 spiro atoms. The molecule has 1 aromatic carbocycles. The first kappa shape index (κ1) is 12.6. The molecule has 3 aromatic rings. The van der Waals surface area contributed by atoms with Crippen molar-refractivity contribution in [2.45, 2.75) is 6.92 Å². The number of hydrogen-bond donors (Lipinski definition) is 0. The topological polar surface area (TPSA) is 82.1 Å². The van der Waals surface area contributed by atoms with Crippen molar-refractivity contribution in [3.8, 4) is 11.5 Å². The molecule has 2 heterocycles. The van der Waals surface area contributed by atoms with Gasteiger partial charge in [0.25, 0.3) is 0 Å². The van der Waals surface area contributed by atoms with Crippen molar-refractivity contribution in [3.05, 3.63) is 51.4 Å². The Labute approximate surface area is 118 Å². The van der Waals surface area contributed by atoms with E-state index in [2.05, 4.69) is 9.97 Å². The monoisotopic (exact) mass is 289 g/mol. The molecule has 0 aliphatic heterocycles. The summed E-state index contributed by atoms with van der Waals surface area (Å²) in [6.07, 6.45) is 0. The summed E-state index contributed by atoms with van der Waals surface area (Å²) in [6.45, 7) is 1.51. The van der Waals surface area contributed by atoms with Gasteiger partial charge in [0.15, 0.2) is 11.5 Å². The molecule has 0 saturated carbocycles. The number of aryl methyl sites for hydroxylation is 1. The highest BCUT2D eigenvalue weighted by Crippen LogP contribution is 2.34. The normalized spacial score (nSPS) is 10.9. The van der Waals surface area contributed by atoms with Crippen LogP contribution in [0.2, 0.25) is 5.28 Å². The summed E-state index contributed by atoms with van der Waals surface area (Å²) in [7, 11) is 0. The molecular weight excluding hydrogens is 282 g/mol. The van der Waals surface area contributed by atoms with Gasteiger partial charge in [-0.2, -0.15) is 0 Å². The van der Waals surface area contributed by atoms with Gasteiger partial charge in [-0.1, -0.05) is 18.2 Å². The van der Waals surface area contributed by atoms with Gasteiger partial charge in [-0.05, 0) is 30.7 Å². The fourth-order valence-corrected chi connectivity index (χ4v) is 2.23. The lowest BCUT2D eigenvalue weighted by atomic mass is 10.2. The second-order valence-electron chi connectivity index (χ2n) is 4.18. The molecule has 2 aromatic heterocycles. The van der Waals surface area contributed by atoms with Crippen LogP contribution in [0.1, 0.15) is 5.69 Å². The average Bonchev–Trinajstić information content (AvgIpc) is 2.80. The molecule has 0 aliphatic rings. The third kappa shape index (κ3) is 2.00. The van der Waals surface area contributed by atoms with E-state index in [0.717, 1.165) is 5.39 Å². The van der Waals surface area contributed by atoms with Crippen LogP contribution >= 0.6 is 11.6 Å². The predicted molar refractivity (Wildman–Crippen MR) is 73.6 cm³/mol. The van der Waals surface area contributed by atoms with Crippen LogP contribution in [0.5, 0.6) is 0 Å². The molecule has 0 amide bonds. The fourth-order valence-electron chi connectivity index (χ4n) is 2.02. The van der Waals surface area contributed by atoms with Gasteiger partial charge in [0.2, 0.25) is 5.28 Å². The standard InChI is InChI=1S/C13H8ClN3O3/c1-7-12(17(18)19)11(16-13(14)15-7)10-6-8-4-2-3-5-9(8)20-10/h2-6H,1H3. The largest absolute Gasteiger partial charge is 0.454 e. The Hall–Kier alpha value is -2.47. The average molecular weight is 290 g/mol. The second-order valence-corrected chi connectivity index (χ2v) is 4.52. The summed E-state index contributed by atoms with van der Waals surface area (Å²) in [5, 5.41) is 12.0. The van der Waals surface area contributed by atoms with E-state index in [9.17, 15) is 10.1 Å². The van der Waals surface area contributed by atoms with E-state index in [1.54, 1.807) is 12.1 Å². The van der Waals surface area contributed by atoms with Crippen LogP contribution in [0.15, 0.2) is 34.7 Å². The highest BCUT2D eigenvalue weighted by molar-refractivity contribution is 6.28. The van der Waals surface area contributed by atoms with Crippen molar-refractivity contribution >= 4 is 28.3 Å². The number of nitro groups is 1. The minimum absolute atomic E-state index is 0.0523. The molecular formula is C13H8ClN3O3. The number of benzene rings is 1. The maximum absolute atomic E-state index is 11.2. The highest BCUT2D eigenvalue weighted by atomic mass is 35.5. The third-order valence-corrected chi connectivity index (χ3v) is 3.04. The van der Waals surface area contributed by atoms with Gasteiger partial charge in [0, 0.05) is 5.39 Å². The number of halogens is 1. The maximum atomic E-state index is 11.2. The van der Waals surface area contributed by atoms with Crippen LogP contribution in [0, 0.1) is 17.0 Å². The zero-order valence-corrected chi connectivity index (χ0v) is 11.1. The number of para-hydroxylation sites is 1. The predicted octanol–water partition coefficient (Wildman–Crippen LogP) is 3.76. The number of fused-ring (bicyclic) bond motifs is 1. The third-order valence-electron chi connectivity index (χ3n) is 2.87. The number of hydrogen-bond acceptors (Lipinski definition) is 5. The molecule has 100 valence electrons. The van der Waals surface area contributed by atoms with Gasteiger partial charge in [-0.3, -0.25) is 10.1 Å². The summed E-state index contributed by atoms with van der Waals surface area (Å²) in [5.41, 5.74) is 0.715. The lowest BCUT2D eigenvalue weighted by molar-refractivity contribution is -0.385. The summed E-state index contributed by atoms with van der Waals surface area (Å²) in [5.74, 6) is 0.297. The maximum Gasteiger partial charge on any atom is 0.319 e. The van der Waals surface area contributed by atoms with Gasteiger partial charge < -0.3 is 4.42 Å². The van der Waals surface area contributed by atoms with E-state index in [-0.39, 0.29) is 22.4 Å². The van der Waals surface area contributed by atoms with E-state index in [0.29, 0.717) is 11.3 Å². The smallest absolute Gasteiger partial charge is 0.319 e. The number of nitrogens with zero attached hydrogens (tertiary/aromatic N) is 3. The van der Waals surface area contributed by atoms with Gasteiger partial charge >= 0.3 is 5.69 Å². The summed E-state index contributed by atoms with van der Waals surface area (Å²) >= 11 is 5.79. The molecule has 0 unspecified atom stereocenters. The highest BCUT2D eigenvalue weighted by Gasteiger charge is 2.25. The Morgan fingerprint density at radius 3 is 2.75 bits per heavy atom. The van der Waals surface area contributed by atoms with E-state index < -0.39 is 4.92 Å². The van der Waals surface area contributed by atoms with E-state index in [1.165, 1.54) is 6.92 Å². The van der Waals surface area contributed by atoms with Gasteiger partial charge in [0.1, 0.15) is 11.3 Å². The van der Waals surface area contributed by atoms with Crippen LogP contribution in [0.4, 0.5) is 5.69 Å². The first-order valence-electron chi connectivity index (χ1n) is 5.74. The SMILES string of the molecule is Cc1nc(Cl)nc(-c2cc3ccccc3o2)c1[N+](=O)[O-]. The zero-order chi connectivity index (χ0) is 14.3. The van der Waals surface area contributed by atoms with Crippen LogP contribution in [-0.4, -0.2) is 14.9 Å². The van der Waals surface area contributed by atoms with Crippen LogP contribution in [-0.2, 0) is 0 Å². The molecule has 7 heteroatoms. The fraction of sp³-hybridized carbons (Fsp3) is 0.0769. The number of furan rings is 1. The lowest BCUT2D eigenvalue weighted by Gasteiger charge is -2.01. The molecule has 6 nitrogen and oxygen atoms in total. The Kier molecular flexibility index (Phi) is 2.87. The molecule has 0 radical (unpaired) electrons. The molecule has 0 bridgehead atoms. The summed E-state index contributed by atoms with van der Waals surface area (Å²) < 4.78 is 5.60. The first-order chi connectivity index (χ1) is 9.56. The van der Waals surface area contributed by atoms with Crippen molar-refractivity contribution < 1.29 is 9.34 Å². The van der Waals surface area contributed by atoms with Crippen molar-refractivity contribution in [1.29, 1.82) is 0 Å². The molecule has 3 rings (SSSR count). The molecule has 0 fully saturated rings. The Balaban J connectivity index is 2.30. The van der Waals surface area contributed by atoms with Gasteiger partial charge in [-0.25, -0.2) is 9.97 Å². The molecule has 0 aliphatic carbocycles. The van der Waals surface area contributed by atoms with Gasteiger partial charge in [-0.15, -0.1) is 0 Å². The minimum Gasteiger partial charge on any atom is -0.454 e. The van der Waals surface area contributed by atoms with Gasteiger partial charge in [0.05, 0.1) is 4.92 Å². The van der Waals surface area contributed by atoms with Crippen LogP contribution in [0.25, 0.3) is 22.4 Å². The summed E-state index contributed by atoms with van der Waals surface area (Å²) in [4.78, 5) is 18.4. The Morgan fingerprint density at radius 2 is 2.05 bits per heavy atom. The Morgan fingerprint density at radius 1 is 1.30 bits per heavy atom. The van der Waals surface area contributed by atoms with E-state index in [4.69, 9.17) is 16.0 Å². The summed E-state index contributed by atoms with van der Waals surface area (Å²) in [6, 6.07) is 9.00. The number of rotatable bonds is 2. The van der Waals surface area contributed by atoms with Crippen molar-refractivity contribution in [2.75, 3.05) is 0 Å². The van der Waals surface area contributed by atoms with E-state index in [1.807, 2.05) is 18.2 Å². The molecule has 0 N–H and O–H groups in total. The quantitative estimate of drug-likeness (QED) is 0.407. The number of aromatic nitrogens is 2. The second kappa shape index (κ2) is 4.57. The first-order valence-corrected chi connectivity index (χ1v) is 6.11. The molecule has 0 atom stereocenters.